The Morgan fingerprint density at radius 3 is 1.70 bits per heavy atom. The van der Waals surface area contributed by atoms with Crippen molar-refractivity contribution in [3.63, 3.8) is 0 Å². The summed E-state index contributed by atoms with van der Waals surface area (Å²) in [4.78, 5) is 22.8. The summed E-state index contributed by atoms with van der Waals surface area (Å²) in [5.74, 6) is -1.35. The summed E-state index contributed by atoms with van der Waals surface area (Å²) in [5.41, 5.74) is 1.03. The average Bonchev–Trinajstić information content (AvgIpc) is 2.31. The van der Waals surface area contributed by atoms with Gasteiger partial charge in [0.2, 0.25) is 0 Å². The Hall–Kier alpha value is -1.10. The van der Waals surface area contributed by atoms with Crippen LogP contribution < -0.4 is 0 Å². The molecule has 0 saturated carbocycles. The molecule has 5 heteroatoms. The first-order valence-electron chi connectivity index (χ1n) is 7.18. The summed E-state index contributed by atoms with van der Waals surface area (Å²) < 4.78 is 5.92. The van der Waals surface area contributed by atoms with Crippen LogP contribution in [-0.4, -0.2) is 25.4 Å². The fourth-order valence-corrected chi connectivity index (χ4v) is 8.17. The molecule has 0 rings (SSSR count). The van der Waals surface area contributed by atoms with Gasteiger partial charge < -0.3 is 9.53 Å². The van der Waals surface area contributed by atoms with Gasteiger partial charge in [0.1, 0.15) is 0 Å². The first-order valence-corrected chi connectivity index (χ1v) is 9.32. The molecule has 4 nitrogen and oxygen atoms in total. The quantitative estimate of drug-likeness (QED) is 0.541. The number of carboxylic acids is 1. The van der Waals surface area contributed by atoms with Crippen LogP contribution in [0.4, 0.5) is 0 Å². The predicted octanol–water partition coefficient (Wildman–Crippen LogP) is 4.13. The minimum Gasteiger partial charge on any atom is -0.518 e. The molecule has 0 aliphatic heterocycles. The van der Waals surface area contributed by atoms with Crippen molar-refractivity contribution >= 4 is 20.3 Å². The van der Waals surface area contributed by atoms with Gasteiger partial charge in [0.05, 0.1) is 0 Å². The van der Waals surface area contributed by atoms with Crippen LogP contribution in [-0.2, 0) is 14.0 Å². The van der Waals surface area contributed by atoms with E-state index in [1.54, 1.807) is 0 Å². The Morgan fingerprint density at radius 2 is 1.40 bits per heavy atom. The summed E-state index contributed by atoms with van der Waals surface area (Å²) in [6, 6.07) is 0. The molecular weight excluding hydrogens is 272 g/mol. The molecule has 20 heavy (non-hydrogen) atoms. The molecule has 0 aliphatic carbocycles. The molecular formula is C15H28O4Si. The summed E-state index contributed by atoms with van der Waals surface area (Å²) >= 11 is 0. The maximum Gasteiger partial charge on any atom is 0.330 e. The highest BCUT2D eigenvalue weighted by molar-refractivity contribution is 6.78. The van der Waals surface area contributed by atoms with Gasteiger partial charge in [-0.1, -0.05) is 48.1 Å². The Labute approximate surface area is 123 Å². The van der Waals surface area contributed by atoms with E-state index in [2.05, 4.69) is 48.1 Å². The molecule has 0 bridgehead atoms. The molecule has 0 fully saturated rings. The third-order valence-corrected chi connectivity index (χ3v) is 9.93. The number of hydrogen-bond donors (Lipinski definition) is 1. The van der Waals surface area contributed by atoms with Gasteiger partial charge in [-0.3, -0.25) is 4.79 Å². The molecule has 0 radical (unpaired) electrons. The topological polar surface area (TPSA) is 63.6 Å². The van der Waals surface area contributed by atoms with Gasteiger partial charge in [-0.15, -0.1) is 0 Å². The molecule has 116 valence electrons. The highest BCUT2D eigenvalue weighted by atomic mass is 28.4. The van der Waals surface area contributed by atoms with Crippen molar-refractivity contribution in [1.82, 2.24) is 0 Å². The van der Waals surface area contributed by atoms with Gasteiger partial charge in [-0.25, -0.2) is 4.79 Å². The van der Waals surface area contributed by atoms with Crippen molar-refractivity contribution in [2.75, 3.05) is 0 Å². The number of carbonyl (C=O) groups is 2. The van der Waals surface area contributed by atoms with E-state index in [9.17, 15) is 9.59 Å². The van der Waals surface area contributed by atoms with Crippen molar-refractivity contribution in [2.24, 2.45) is 0 Å². The average molecular weight is 300 g/mol. The van der Waals surface area contributed by atoms with Crippen LogP contribution in [0.5, 0.6) is 0 Å². The Morgan fingerprint density at radius 1 is 1.00 bits per heavy atom. The lowest BCUT2D eigenvalue weighted by atomic mass is 10.2. The largest absolute Gasteiger partial charge is 0.518 e. The highest BCUT2D eigenvalue weighted by Gasteiger charge is 2.48. The standard InChI is InChI=1S/C15H28O4Si/c1-10(2)20(11(3)4,12(5)6)19-14(16)9-8-13(7)15(17)18/h10-12H,7-9H2,1-6H3,(H,17,18). The fraction of sp³-hybridized carbons (Fsp3) is 0.733. The van der Waals surface area contributed by atoms with Crippen molar-refractivity contribution in [1.29, 1.82) is 0 Å². The van der Waals surface area contributed by atoms with Crippen molar-refractivity contribution in [2.45, 2.75) is 71.0 Å². The Kier molecular flexibility index (Phi) is 7.20. The highest BCUT2D eigenvalue weighted by Crippen LogP contribution is 2.42. The Bertz CT molecular complexity index is 350. The summed E-state index contributed by atoms with van der Waals surface area (Å²) in [5, 5.41) is 8.75. The van der Waals surface area contributed by atoms with Crippen LogP contribution in [0.2, 0.25) is 16.6 Å². The molecule has 0 aromatic rings. The van der Waals surface area contributed by atoms with Crippen LogP contribution >= 0.6 is 0 Å². The maximum absolute atomic E-state index is 12.1. The number of hydrogen-bond acceptors (Lipinski definition) is 3. The summed E-state index contributed by atoms with van der Waals surface area (Å²) in [7, 11) is -2.22. The smallest absolute Gasteiger partial charge is 0.330 e. The first kappa shape index (κ1) is 18.9. The zero-order chi connectivity index (χ0) is 16.1. The van der Waals surface area contributed by atoms with Gasteiger partial charge in [0.25, 0.3) is 14.3 Å². The number of rotatable bonds is 8. The lowest BCUT2D eigenvalue weighted by molar-refractivity contribution is -0.135. The second kappa shape index (κ2) is 7.62. The molecule has 0 unspecified atom stereocenters. The third kappa shape index (κ3) is 4.47. The minimum atomic E-state index is -2.22. The van der Waals surface area contributed by atoms with Crippen molar-refractivity contribution in [3.8, 4) is 0 Å². The minimum absolute atomic E-state index is 0.0489. The van der Waals surface area contributed by atoms with Gasteiger partial charge in [-0.05, 0) is 23.0 Å². The van der Waals surface area contributed by atoms with Crippen LogP contribution in [0.3, 0.4) is 0 Å². The lowest BCUT2D eigenvalue weighted by Gasteiger charge is -2.41. The zero-order valence-electron chi connectivity index (χ0n) is 13.5. The van der Waals surface area contributed by atoms with E-state index < -0.39 is 14.3 Å². The molecule has 1 N–H and O–H groups in total. The zero-order valence-corrected chi connectivity index (χ0v) is 14.5. The predicted molar refractivity (Wildman–Crippen MR) is 83.1 cm³/mol. The Balaban J connectivity index is 4.88. The number of aliphatic carboxylic acids is 1. The molecule has 0 aromatic heterocycles. The van der Waals surface area contributed by atoms with Crippen LogP contribution in [0.15, 0.2) is 12.2 Å². The third-order valence-electron chi connectivity index (χ3n) is 3.93. The van der Waals surface area contributed by atoms with Gasteiger partial charge in [0, 0.05) is 12.0 Å². The van der Waals surface area contributed by atoms with Gasteiger partial charge >= 0.3 is 5.97 Å². The molecule has 0 saturated heterocycles. The normalized spacial score (nSPS) is 12.1. The van der Waals surface area contributed by atoms with E-state index in [1.807, 2.05) is 0 Å². The van der Waals surface area contributed by atoms with E-state index in [0.717, 1.165) is 0 Å². The molecule has 0 amide bonds. The van der Waals surface area contributed by atoms with E-state index in [4.69, 9.17) is 9.53 Å². The van der Waals surface area contributed by atoms with Crippen molar-refractivity contribution in [3.05, 3.63) is 12.2 Å². The van der Waals surface area contributed by atoms with Crippen LogP contribution in [0.25, 0.3) is 0 Å². The number of carbonyl (C=O) groups excluding carboxylic acids is 1. The lowest BCUT2D eigenvalue weighted by Crippen LogP contribution is -2.49. The number of carboxylic acid groups (broad SMARTS) is 1. The SMILES string of the molecule is C=C(CCC(=O)O[Si](C(C)C)(C(C)C)C(C)C)C(=O)O. The molecule has 0 atom stereocenters. The monoisotopic (exact) mass is 300 g/mol. The van der Waals surface area contributed by atoms with Gasteiger partial charge in [0.15, 0.2) is 0 Å². The first-order chi connectivity index (χ1) is 9.05. The van der Waals surface area contributed by atoms with Crippen LogP contribution in [0.1, 0.15) is 54.4 Å². The van der Waals surface area contributed by atoms with Gasteiger partial charge in [-0.2, -0.15) is 0 Å². The second-order valence-electron chi connectivity index (χ2n) is 6.20. The summed E-state index contributed by atoms with van der Waals surface area (Å²) in [6.45, 7) is 16.1. The van der Waals surface area contributed by atoms with E-state index >= 15 is 0 Å². The van der Waals surface area contributed by atoms with E-state index in [0.29, 0.717) is 16.6 Å². The summed E-state index contributed by atoms with van der Waals surface area (Å²) in [6.07, 6.45) is 0.235. The molecule has 0 spiro atoms. The molecule has 0 aromatic carbocycles. The fourth-order valence-electron chi connectivity index (χ4n) is 2.96. The molecule has 0 heterocycles. The van der Waals surface area contributed by atoms with Crippen LogP contribution in [0, 0.1) is 0 Å². The second-order valence-corrected chi connectivity index (χ2v) is 11.6. The van der Waals surface area contributed by atoms with E-state index in [1.165, 1.54) is 0 Å². The maximum atomic E-state index is 12.1. The molecule has 0 aliphatic rings. The van der Waals surface area contributed by atoms with Crippen molar-refractivity contribution < 1.29 is 19.1 Å². The van der Waals surface area contributed by atoms with E-state index in [-0.39, 0.29) is 24.4 Å².